The van der Waals surface area contributed by atoms with Gasteiger partial charge in [-0.1, -0.05) is 6.07 Å². The maximum absolute atomic E-state index is 12.0. The molecule has 0 radical (unpaired) electrons. The van der Waals surface area contributed by atoms with Crippen LogP contribution in [0.15, 0.2) is 36.5 Å². The summed E-state index contributed by atoms with van der Waals surface area (Å²) in [6.45, 7) is 1.03. The van der Waals surface area contributed by atoms with E-state index in [1.807, 2.05) is 24.3 Å². The highest BCUT2D eigenvalue weighted by Gasteiger charge is 2.07. The molecule has 0 aliphatic heterocycles. The predicted molar refractivity (Wildman–Crippen MR) is 78.5 cm³/mol. The largest absolute Gasteiger partial charge is 0.383 e. The number of nitrogens with zero attached hydrogens (tertiary/aromatic N) is 1. The third-order valence-corrected chi connectivity index (χ3v) is 3.05. The molecule has 1 unspecified atom stereocenters. The highest BCUT2D eigenvalue weighted by Crippen LogP contribution is 2.13. The minimum Gasteiger partial charge on any atom is -0.383 e. The van der Waals surface area contributed by atoms with Gasteiger partial charge in [0, 0.05) is 36.8 Å². The van der Waals surface area contributed by atoms with E-state index in [9.17, 15) is 4.79 Å². The molecule has 20 heavy (non-hydrogen) atoms. The topological polar surface area (TPSA) is 77.2 Å². The number of ether oxygens (including phenoxy) is 1. The van der Waals surface area contributed by atoms with E-state index in [0.717, 1.165) is 10.9 Å². The van der Waals surface area contributed by atoms with Crippen molar-refractivity contribution in [2.24, 2.45) is 5.73 Å². The normalized spacial score (nSPS) is 12.3. The Balaban J connectivity index is 1.94. The van der Waals surface area contributed by atoms with Crippen LogP contribution in [0.1, 0.15) is 16.8 Å². The van der Waals surface area contributed by atoms with Crippen molar-refractivity contribution in [2.75, 3.05) is 20.3 Å². The summed E-state index contributed by atoms with van der Waals surface area (Å²) in [7, 11) is 1.61. The molecule has 2 rings (SSSR count). The van der Waals surface area contributed by atoms with Gasteiger partial charge < -0.3 is 15.8 Å². The Morgan fingerprint density at radius 2 is 2.30 bits per heavy atom. The van der Waals surface area contributed by atoms with Crippen molar-refractivity contribution in [2.45, 2.75) is 12.5 Å². The number of aromatic nitrogens is 1. The molecular formula is C15H19N3O2. The number of rotatable bonds is 6. The Labute approximate surface area is 118 Å². The Hall–Kier alpha value is -1.98. The number of carbonyl (C=O) groups excluding carboxylic acids is 1. The molecule has 106 valence electrons. The van der Waals surface area contributed by atoms with E-state index in [-0.39, 0.29) is 11.9 Å². The number of nitrogens with two attached hydrogens (primary N) is 1. The summed E-state index contributed by atoms with van der Waals surface area (Å²) in [5, 5.41) is 3.81. The van der Waals surface area contributed by atoms with E-state index in [1.54, 1.807) is 19.4 Å². The van der Waals surface area contributed by atoms with E-state index < -0.39 is 0 Å². The highest BCUT2D eigenvalue weighted by molar-refractivity contribution is 5.97. The highest BCUT2D eigenvalue weighted by atomic mass is 16.5. The van der Waals surface area contributed by atoms with E-state index in [4.69, 9.17) is 10.5 Å². The lowest BCUT2D eigenvalue weighted by atomic mass is 10.1. The lowest BCUT2D eigenvalue weighted by Crippen LogP contribution is -2.32. The zero-order chi connectivity index (χ0) is 14.4. The fraction of sp³-hybridized carbons (Fsp3) is 0.333. The average molecular weight is 273 g/mol. The number of benzene rings is 1. The predicted octanol–water partition coefficient (Wildman–Crippen LogP) is 1.33. The number of carbonyl (C=O) groups is 1. The zero-order valence-corrected chi connectivity index (χ0v) is 11.5. The summed E-state index contributed by atoms with van der Waals surface area (Å²) in [6.07, 6.45) is 2.42. The molecule has 0 spiro atoms. The van der Waals surface area contributed by atoms with Gasteiger partial charge in [-0.3, -0.25) is 9.78 Å². The van der Waals surface area contributed by atoms with Crippen molar-refractivity contribution in [1.82, 2.24) is 10.3 Å². The van der Waals surface area contributed by atoms with Gasteiger partial charge in [-0.2, -0.15) is 0 Å². The Bertz CT molecular complexity index is 586. The van der Waals surface area contributed by atoms with Crippen LogP contribution in [0.2, 0.25) is 0 Å². The van der Waals surface area contributed by atoms with Gasteiger partial charge in [-0.05, 0) is 30.7 Å². The van der Waals surface area contributed by atoms with Crippen molar-refractivity contribution in [1.29, 1.82) is 0 Å². The third-order valence-electron chi connectivity index (χ3n) is 3.05. The van der Waals surface area contributed by atoms with Crippen LogP contribution in [0.5, 0.6) is 0 Å². The average Bonchev–Trinajstić information content (AvgIpc) is 2.47. The van der Waals surface area contributed by atoms with E-state index in [2.05, 4.69) is 10.3 Å². The van der Waals surface area contributed by atoms with Crippen LogP contribution >= 0.6 is 0 Å². The lowest BCUT2D eigenvalue weighted by Gasteiger charge is -2.11. The second-order valence-corrected chi connectivity index (χ2v) is 4.67. The van der Waals surface area contributed by atoms with Gasteiger partial charge in [-0.25, -0.2) is 0 Å². The lowest BCUT2D eigenvalue weighted by molar-refractivity contribution is 0.0950. The van der Waals surface area contributed by atoms with Crippen LogP contribution in [-0.2, 0) is 4.74 Å². The van der Waals surface area contributed by atoms with Crippen LogP contribution in [0.4, 0.5) is 0 Å². The maximum atomic E-state index is 12.0. The first-order chi connectivity index (χ1) is 9.70. The molecule has 1 heterocycles. The summed E-state index contributed by atoms with van der Waals surface area (Å²) in [4.78, 5) is 16.2. The van der Waals surface area contributed by atoms with Gasteiger partial charge in [0.2, 0.25) is 0 Å². The quantitative estimate of drug-likeness (QED) is 0.832. The molecule has 1 aromatic carbocycles. The van der Waals surface area contributed by atoms with Gasteiger partial charge in [0.25, 0.3) is 5.91 Å². The molecule has 3 N–H and O–H groups in total. The number of fused-ring (bicyclic) bond motifs is 1. The maximum Gasteiger partial charge on any atom is 0.251 e. The number of pyridine rings is 1. The van der Waals surface area contributed by atoms with Gasteiger partial charge in [0.05, 0.1) is 12.1 Å². The van der Waals surface area contributed by atoms with Gasteiger partial charge in [-0.15, -0.1) is 0 Å². The van der Waals surface area contributed by atoms with Crippen molar-refractivity contribution in [3.63, 3.8) is 0 Å². The number of methoxy groups -OCH3 is 1. The first kappa shape index (κ1) is 14.4. The van der Waals surface area contributed by atoms with Crippen LogP contribution in [0.25, 0.3) is 10.9 Å². The van der Waals surface area contributed by atoms with E-state index >= 15 is 0 Å². The molecule has 0 bridgehead atoms. The molecule has 1 aromatic heterocycles. The summed E-state index contributed by atoms with van der Waals surface area (Å²) in [6, 6.07) is 9.20. The zero-order valence-electron chi connectivity index (χ0n) is 11.5. The number of amides is 1. The molecule has 0 aliphatic rings. The van der Waals surface area contributed by atoms with Crippen molar-refractivity contribution >= 4 is 16.8 Å². The summed E-state index contributed by atoms with van der Waals surface area (Å²) in [5.74, 6) is -0.0969. The molecule has 5 nitrogen and oxygen atoms in total. The van der Waals surface area contributed by atoms with Gasteiger partial charge >= 0.3 is 0 Å². The van der Waals surface area contributed by atoms with Crippen molar-refractivity contribution in [3.8, 4) is 0 Å². The minimum atomic E-state index is -0.0969. The van der Waals surface area contributed by atoms with Crippen LogP contribution in [-0.4, -0.2) is 37.2 Å². The molecule has 0 saturated heterocycles. The smallest absolute Gasteiger partial charge is 0.251 e. The second-order valence-electron chi connectivity index (χ2n) is 4.67. The SMILES string of the molecule is COCC(N)CCNC(=O)c1ccc2ncccc2c1. The Kier molecular flexibility index (Phi) is 5.03. The monoisotopic (exact) mass is 273 g/mol. The molecule has 1 atom stereocenters. The molecule has 0 saturated carbocycles. The number of nitrogens with one attached hydrogen (secondary N) is 1. The molecule has 0 fully saturated rings. The molecule has 1 amide bonds. The van der Waals surface area contributed by atoms with Gasteiger partial charge in [0.15, 0.2) is 0 Å². The van der Waals surface area contributed by atoms with Crippen molar-refractivity contribution in [3.05, 3.63) is 42.1 Å². The number of hydrogen-bond acceptors (Lipinski definition) is 4. The Morgan fingerprint density at radius 3 is 3.10 bits per heavy atom. The molecule has 0 aliphatic carbocycles. The summed E-state index contributed by atoms with van der Waals surface area (Å²) >= 11 is 0. The third kappa shape index (κ3) is 3.76. The van der Waals surface area contributed by atoms with E-state index in [0.29, 0.717) is 25.1 Å². The minimum absolute atomic E-state index is 0.0545. The van der Waals surface area contributed by atoms with Gasteiger partial charge in [0.1, 0.15) is 0 Å². The fourth-order valence-electron chi connectivity index (χ4n) is 1.99. The van der Waals surface area contributed by atoms with E-state index in [1.165, 1.54) is 0 Å². The van der Waals surface area contributed by atoms with Crippen molar-refractivity contribution < 1.29 is 9.53 Å². The summed E-state index contributed by atoms with van der Waals surface area (Å²) < 4.78 is 4.95. The van der Waals surface area contributed by atoms with Crippen LogP contribution in [0, 0.1) is 0 Å². The molecule has 2 aromatic rings. The van der Waals surface area contributed by atoms with Crippen LogP contribution in [0.3, 0.4) is 0 Å². The number of hydrogen-bond donors (Lipinski definition) is 2. The first-order valence-electron chi connectivity index (χ1n) is 6.58. The summed E-state index contributed by atoms with van der Waals surface area (Å²) in [5.41, 5.74) is 7.31. The molecular weight excluding hydrogens is 254 g/mol. The van der Waals surface area contributed by atoms with Crippen LogP contribution < -0.4 is 11.1 Å². The first-order valence-corrected chi connectivity index (χ1v) is 6.58. The standard InChI is InChI=1S/C15H19N3O2/c1-20-10-13(16)6-8-18-15(19)12-4-5-14-11(9-12)3-2-7-17-14/h2-5,7,9,13H,6,8,10,16H2,1H3,(H,18,19). The molecule has 5 heteroatoms. The fourth-order valence-corrected chi connectivity index (χ4v) is 1.99. The second kappa shape index (κ2) is 6.98. The Morgan fingerprint density at radius 1 is 1.45 bits per heavy atom.